The van der Waals surface area contributed by atoms with E-state index in [9.17, 15) is 8.42 Å². The van der Waals surface area contributed by atoms with Crippen molar-refractivity contribution in [3.63, 3.8) is 0 Å². The smallest absolute Gasteiger partial charge is 0.241 e. The number of furan rings is 1. The highest BCUT2D eigenvalue weighted by Gasteiger charge is 2.15. The van der Waals surface area contributed by atoms with Gasteiger partial charge in [-0.2, -0.15) is 0 Å². The molecule has 1 N–H and O–H groups in total. The third-order valence-electron chi connectivity index (χ3n) is 3.33. The predicted octanol–water partition coefficient (Wildman–Crippen LogP) is 4.84. The summed E-state index contributed by atoms with van der Waals surface area (Å²) in [5.41, 5.74) is 0.919. The lowest BCUT2D eigenvalue weighted by Gasteiger charge is -2.05. The first kappa shape index (κ1) is 17.2. The minimum absolute atomic E-state index is 0.0609. The highest BCUT2D eigenvalue weighted by atomic mass is 79.9. The van der Waals surface area contributed by atoms with Crippen molar-refractivity contribution >= 4 is 37.6 Å². The molecule has 24 heavy (non-hydrogen) atoms. The van der Waals surface area contributed by atoms with Crippen molar-refractivity contribution in [3.8, 4) is 11.3 Å². The Kier molecular flexibility index (Phi) is 5.10. The molecule has 0 saturated carbocycles. The molecule has 1 heterocycles. The number of sulfonamides is 1. The molecule has 0 unspecified atom stereocenters. The molecule has 124 valence electrons. The van der Waals surface area contributed by atoms with E-state index in [0.29, 0.717) is 16.5 Å². The monoisotopic (exact) mass is 425 g/mol. The Labute approximate surface area is 153 Å². The second kappa shape index (κ2) is 7.11. The third-order valence-corrected chi connectivity index (χ3v) is 5.50. The summed E-state index contributed by atoms with van der Waals surface area (Å²) in [6, 6.07) is 17.3. The van der Waals surface area contributed by atoms with Gasteiger partial charge >= 0.3 is 0 Å². The normalized spacial score (nSPS) is 11.6. The zero-order valence-corrected chi connectivity index (χ0v) is 15.5. The standard InChI is InChI=1S/C17H13BrClNO3S/c18-13-6-4-12(5-7-13)17-9-8-15(23-17)11-20-24(21,22)16-3-1-2-14(19)10-16/h1-10,20H,11H2. The molecular weight excluding hydrogens is 414 g/mol. The highest BCUT2D eigenvalue weighted by Crippen LogP contribution is 2.24. The number of hydrogen-bond acceptors (Lipinski definition) is 3. The first-order valence-electron chi connectivity index (χ1n) is 7.04. The Balaban J connectivity index is 1.72. The van der Waals surface area contributed by atoms with Crippen LogP contribution < -0.4 is 4.72 Å². The molecule has 0 fully saturated rings. The Morgan fingerprint density at radius 1 is 1.04 bits per heavy atom. The molecule has 4 nitrogen and oxygen atoms in total. The minimum Gasteiger partial charge on any atom is -0.460 e. The largest absolute Gasteiger partial charge is 0.460 e. The molecule has 0 spiro atoms. The van der Waals surface area contributed by atoms with Crippen LogP contribution in [0.1, 0.15) is 5.76 Å². The van der Waals surface area contributed by atoms with Gasteiger partial charge in [-0.3, -0.25) is 0 Å². The zero-order valence-electron chi connectivity index (χ0n) is 12.4. The van der Waals surface area contributed by atoms with Gasteiger partial charge in [0.1, 0.15) is 11.5 Å². The number of rotatable bonds is 5. The summed E-state index contributed by atoms with van der Waals surface area (Å²) in [7, 11) is -3.64. The maximum Gasteiger partial charge on any atom is 0.241 e. The summed E-state index contributed by atoms with van der Waals surface area (Å²) in [4.78, 5) is 0.120. The average Bonchev–Trinajstić information content (AvgIpc) is 3.03. The Morgan fingerprint density at radius 2 is 1.79 bits per heavy atom. The maximum absolute atomic E-state index is 12.3. The molecule has 0 amide bonds. The molecule has 0 atom stereocenters. The molecule has 0 saturated heterocycles. The van der Waals surface area contributed by atoms with Gasteiger partial charge in [0.25, 0.3) is 0 Å². The van der Waals surface area contributed by atoms with E-state index in [4.69, 9.17) is 16.0 Å². The lowest BCUT2D eigenvalue weighted by Crippen LogP contribution is -2.22. The van der Waals surface area contributed by atoms with Gasteiger partial charge in [0.15, 0.2) is 0 Å². The summed E-state index contributed by atoms with van der Waals surface area (Å²) >= 11 is 9.22. The molecule has 3 aromatic rings. The van der Waals surface area contributed by atoms with E-state index in [-0.39, 0.29) is 11.4 Å². The van der Waals surface area contributed by atoms with Gasteiger partial charge in [-0.25, -0.2) is 13.1 Å². The number of benzene rings is 2. The summed E-state index contributed by atoms with van der Waals surface area (Å²) in [6.07, 6.45) is 0. The minimum atomic E-state index is -3.64. The third kappa shape index (κ3) is 4.08. The summed E-state index contributed by atoms with van der Waals surface area (Å²) < 4.78 is 33.7. The van der Waals surface area contributed by atoms with Crippen molar-refractivity contribution < 1.29 is 12.8 Å². The van der Waals surface area contributed by atoms with Crippen LogP contribution in [0.15, 0.2) is 74.4 Å². The fourth-order valence-electron chi connectivity index (χ4n) is 2.13. The lowest BCUT2D eigenvalue weighted by molar-refractivity contribution is 0.509. The van der Waals surface area contributed by atoms with Gasteiger partial charge in [-0.05, 0) is 42.5 Å². The molecule has 1 aromatic heterocycles. The molecule has 0 aliphatic carbocycles. The maximum atomic E-state index is 12.3. The van der Waals surface area contributed by atoms with Crippen LogP contribution in [0.4, 0.5) is 0 Å². The molecule has 0 aliphatic heterocycles. The van der Waals surface area contributed by atoms with Crippen LogP contribution in [0.5, 0.6) is 0 Å². The van der Waals surface area contributed by atoms with Gasteiger partial charge in [-0.15, -0.1) is 0 Å². The second-order valence-electron chi connectivity index (χ2n) is 5.05. The topological polar surface area (TPSA) is 59.3 Å². The summed E-state index contributed by atoms with van der Waals surface area (Å²) in [5.74, 6) is 1.21. The number of halogens is 2. The molecular formula is C17H13BrClNO3S. The highest BCUT2D eigenvalue weighted by molar-refractivity contribution is 9.10. The van der Waals surface area contributed by atoms with E-state index in [1.165, 1.54) is 12.1 Å². The zero-order chi connectivity index (χ0) is 17.2. The van der Waals surface area contributed by atoms with Crippen molar-refractivity contribution in [1.82, 2.24) is 4.72 Å². The van der Waals surface area contributed by atoms with E-state index in [1.807, 2.05) is 30.3 Å². The van der Waals surface area contributed by atoms with Crippen LogP contribution in [0.2, 0.25) is 5.02 Å². The van der Waals surface area contributed by atoms with E-state index in [1.54, 1.807) is 18.2 Å². The summed E-state index contributed by atoms with van der Waals surface area (Å²) in [5, 5.41) is 0.369. The van der Waals surface area contributed by atoms with Crippen LogP contribution >= 0.6 is 27.5 Å². The molecule has 0 radical (unpaired) electrons. The lowest BCUT2D eigenvalue weighted by atomic mass is 10.2. The number of nitrogens with one attached hydrogen (secondary N) is 1. The van der Waals surface area contributed by atoms with E-state index in [2.05, 4.69) is 20.7 Å². The van der Waals surface area contributed by atoms with Gasteiger partial charge in [0.2, 0.25) is 10.0 Å². The average molecular weight is 427 g/mol. The van der Waals surface area contributed by atoms with Gasteiger partial charge in [0.05, 0.1) is 11.4 Å². The van der Waals surface area contributed by atoms with Crippen molar-refractivity contribution in [2.24, 2.45) is 0 Å². The Hall–Kier alpha value is -1.60. The van der Waals surface area contributed by atoms with Crippen molar-refractivity contribution in [2.75, 3.05) is 0 Å². The van der Waals surface area contributed by atoms with Gasteiger partial charge in [-0.1, -0.05) is 45.7 Å². The second-order valence-corrected chi connectivity index (χ2v) is 8.17. The molecule has 3 rings (SSSR count). The van der Waals surface area contributed by atoms with E-state index >= 15 is 0 Å². The van der Waals surface area contributed by atoms with Crippen LogP contribution in [0.25, 0.3) is 11.3 Å². The first-order chi connectivity index (χ1) is 11.4. The van der Waals surface area contributed by atoms with E-state index in [0.717, 1.165) is 10.0 Å². The Morgan fingerprint density at radius 3 is 2.50 bits per heavy atom. The number of hydrogen-bond donors (Lipinski definition) is 1. The van der Waals surface area contributed by atoms with Crippen molar-refractivity contribution in [2.45, 2.75) is 11.4 Å². The van der Waals surface area contributed by atoms with Gasteiger partial charge < -0.3 is 4.42 Å². The molecule has 0 aliphatic rings. The quantitative estimate of drug-likeness (QED) is 0.635. The fraction of sp³-hybridized carbons (Fsp3) is 0.0588. The van der Waals surface area contributed by atoms with E-state index < -0.39 is 10.0 Å². The van der Waals surface area contributed by atoms with Crippen LogP contribution in [0, 0.1) is 0 Å². The Bertz CT molecular complexity index is 952. The fourth-order valence-corrected chi connectivity index (χ4v) is 3.68. The van der Waals surface area contributed by atoms with Crippen molar-refractivity contribution in [1.29, 1.82) is 0 Å². The van der Waals surface area contributed by atoms with Crippen LogP contribution in [-0.2, 0) is 16.6 Å². The van der Waals surface area contributed by atoms with Crippen LogP contribution in [-0.4, -0.2) is 8.42 Å². The predicted molar refractivity (Wildman–Crippen MR) is 97.3 cm³/mol. The van der Waals surface area contributed by atoms with Gasteiger partial charge in [0, 0.05) is 15.1 Å². The van der Waals surface area contributed by atoms with Crippen LogP contribution in [0.3, 0.4) is 0 Å². The molecule has 7 heteroatoms. The molecule has 0 bridgehead atoms. The summed E-state index contributed by atoms with van der Waals surface area (Å²) in [6.45, 7) is 0.0609. The first-order valence-corrected chi connectivity index (χ1v) is 9.69. The SMILES string of the molecule is O=S(=O)(NCc1ccc(-c2ccc(Br)cc2)o1)c1cccc(Cl)c1. The molecule has 2 aromatic carbocycles. The van der Waals surface area contributed by atoms with Crippen molar-refractivity contribution in [3.05, 3.63) is 75.9 Å².